The van der Waals surface area contributed by atoms with Gasteiger partial charge in [0.25, 0.3) is 0 Å². The predicted molar refractivity (Wildman–Crippen MR) is 61.8 cm³/mol. The summed E-state index contributed by atoms with van der Waals surface area (Å²) in [5.41, 5.74) is 0. The summed E-state index contributed by atoms with van der Waals surface area (Å²) >= 11 is 0. The highest BCUT2D eigenvalue weighted by Crippen LogP contribution is 2.27. The van der Waals surface area contributed by atoms with Crippen LogP contribution in [0.15, 0.2) is 0 Å². The standard InChI is InChI=1S/C12H22N2O2/c1-3-11-13-8(2)12(16)14(11)9-4-6-10(15)7-5-9/h8-11,13,15H,3-7H2,1-2H3. The first-order chi connectivity index (χ1) is 7.63. The molecule has 4 nitrogen and oxygen atoms in total. The van der Waals surface area contributed by atoms with E-state index in [-0.39, 0.29) is 24.2 Å². The Bertz CT molecular complexity index is 262. The second-order valence-electron chi connectivity index (χ2n) is 5.02. The minimum atomic E-state index is -0.153. The van der Waals surface area contributed by atoms with Gasteiger partial charge in [0.2, 0.25) is 5.91 Å². The van der Waals surface area contributed by atoms with E-state index in [4.69, 9.17) is 0 Å². The van der Waals surface area contributed by atoms with Gasteiger partial charge in [0, 0.05) is 6.04 Å². The van der Waals surface area contributed by atoms with Crippen LogP contribution in [0.2, 0.25) is 0 Å². The third-order valence-electron chi connectivity index (χ3n) is 3.85. The van der Waals surface area contributed by atoms with E-state index in [9.17, 15) is 9.90 Å². The maximum absolute atomic E-state index is 12.1. The zero-order valence-corrected chi connectivity index (χ0v) is 10.1. The molecule has 92 valence electrons. The van der Waals surface area contributed by atoms with Crippen LogP contribution >= 0.6 is 0 Å². The fourth-order valence-corrected chi connectivity index (χ4v) is 2.90. The molecule has 16 heavy (non-hydrogen) atoms. The molecule has 1 saturated heterocycles. The van der Waals surface area contributed by atoms with Gasteiger partial charge in [-0.15, -0.1) is 0 Å². The van der Waals surface area contributed by atoms with Crippen LogP contribution in [0, 0.1) is 0 Å². The highest BCUT2D eigenvalue weighted by atomic mass is 16.3. The number of nitrogens with one attached hydrogen (secondary N) is 1. The molecule has 0 aromatic heterocycles. The average Bonchev–Trinajstić information content (AvgIpc) is 2.57. The Hall–Kier alpha value is -0.610. The van der Waals surface area contributed by atoms with Crippen molar-refractivity contribution in [2.45, 2.75) is 70.3 Å². The fourth-order valence-electron chi connectivity index (χ4n) is 2.90. The minimum absolute atomic E-state index is 0.0446. The average molecular weight is 226 g/mol. The van der Waals surface area contributed by atoms with E-state index in [0.717, 1.165) is 32.1 Å². The van der Waals surface area contributed by atoms with Crippen molar-refractivity contribution >= 4 is 5.91 Å². The lowest BCUT2D eigenvalue weighted by Gasteiger charge is -2.36. The molecule has 0 radical (unpaired) electrons. The van der Waals surface area contributed by atoms with Crippen molar-refractivity contribution < 1.29 is 9.90 Å². The first-order valence-electron chi connectivity index (χ1n) is 6.39. The van der Waals surface area contributed by atoms with Crippen LogP contribution < -0.4 is 5.32 Å². The summed E-state index contributed by atoms with van der Waals surface area (Å²) in [7, 11) is 0. The summed E-state index contributed by atoms with van der Waals surface area (Å²) in [4.78, 5) is 14.1. The molecule has 2 N–H and O–H groups in total. The Morgan fingerprint density at radius 2 is 2.00 bits per heavy atom. The summed E-state index contributed by atoms with van der Waals surface area (Å²) in [5.74, 6) is 0.230. The van der Waals surface area contributed by atoms with Gasteiger partial charge >= 0.3 is 0 Å². The lowest BCUT2D eigenvalue weighted by atomic mass is 9.91. The number of hydrogen-bond donors (Lipinski definition) is 2. The number of carbonyl (C=O) groups is 1. The number of nitrogens with zero attached hydrogens (tertiary/aromatic N) is 1. The first kappa shape index (κ1) is 11.9. The summed E-state index contributed by atoms with van der Waals surface area (Å²) in [6.45, 7) is 4.04. The Kier molecular flexibility index (Phi) is 3.50. The highest BCUT2D eigenvalue weighted by Gasteiger charge is 2.40. The molecule has 0 aromatic rings. The van der Waals surface area contributed by atoms with Crippen LogP contribution in [0.5, 0.6) is 0 Å². The van der Waals surface area contributed by atoms with Crippen LogP contribution in [0.1, 0.15) is 46.0 Å². The van der Waals surface area contributed by atoms with Crippen LogP contribution in [0.25, 0.3) is 0 Å². The van der Waals surface area contributed by atoms with Crippen LogP contribution in [0.4, 0.5) is 0 Å². The van der Waals surface area contributed by atoms with Crippen LogP contribution in [0.3, 0.4) is 0 Å². The number of rotatable bonds is 2. The molecule has 4 heteroatoms. The maximum atomic E-state index is 12.1. The molecule has 0 spiro atoms. The molecular formula is C12H22N2O2. The monoisotopic (exact) mass is 226 g/mol. The number of hydrogen-bond acceptors (Lipinski definition) is 3. The number of amides is 1. The van der Waals surface area contributed by atoms with Crippen LogP contribution in [-0.4, -0.2) is 40.3 Å². The summed E-state index contributed by atoms with van der Waals surface area (Å²) in [5, 5.41) is 12.8. The van der Waals surface area contributed by atoms with Crippen molar-refractivity contribution in [2.75, 3.05) is 0 Å². The van der Waals surface area contributed by atoms with E-state index in [1.165, 1.54) is 0 Å². The van der Waals surface area contributed by atoms with Crippen molar-refractivity contribution in [1.29, 1.82) is 0 Å². The van der Waals surface area contributed by atoms with Gasteiger partial charge in [0.05, 0.1) is 18.3 Å². The molecular weight excluding hydrogens is 204 g/mol. The van der Waals surface area contributed by atoms with E-state index < -0.39 is 0 Å². The summed E-state index contributed by atoms with van der Waals surface area (Å²) in [6.07, 6.45) is 4.55. The number of carbonyl (C=O) groups excluding carboxylic acids is 1. The molecule has 2 aliphatic rings. The molecule has 0 aromatic carbocycles. The molecule has 0 bridgehead atoms. The second kappa shape index (κ2) is 4.72. The Morgan fingerprint density at radius 3 is 2.56 bits per heavy atom. The second-order valence-corrected chi connectivity index (χ2v) is 5.02. The predicted octanol–water partition coefficient (Wildman–Crippen LogP) is 0.846. The quantitative estimate of drug-likeness (QED) is 0.734. The number of aliphatic hydroxyl groups excluding tert-OH is 1. The van der Waals surface area contributed by atoms with Crippen molar-refractivity contribution in [3.63, 3.8) is 0 Å². The normalized spacial score (nSPS) is 40.4. The first-order valence-corrected chi connectivity index (χ1v) is 6.39. The van der Waals surface area contributed by atoms with E-state index >= 15 is 0 Å². The van der Waals surface area contributed by atoms with Crippen molar-refractivity contribution in [2.24, 2.45) is 0 Å². The maximum Gasteiger partial charge on any atom is 0.240 e. The van der Waals surface area contributed by atoms with Gasteiger partial charge in [0.15, 0.2) is 0 Å². The van der Waals surface area contributed by atoms with Gasteiger partial charge in [-0.3, -0.25) is 10.1 Å². The van der Waals surface area contributed by atoms with Gasteiger partial charge in [-0.25, -0.2) is 0 Å². The topological polar surface area (TPSA) is 52.6 Å². The molecule has 1 aliphatic carbocycles. The molecule has 2 atom stereocenters. The van der Waals surface area contributed by atoms with E-state index in [2.05, 4.69) is 12.2 Å². The smallest absolute Gasteiger partial charge is 0.240 e. The van der Waals surface area contributed by atoms with Gasteiger partial charge < -0.3 is 10.0 Å². The third kappa shape index (κ3) is 2.09. The Labute approximate surface area is 97.0 Å². The molecule has 1 heterocycles. The molecule has 2 unspecified atom stereocenters. The third-order valence-corrected chi connectivity index (χ3v) is 3.85. The zero-order chi connectivity index (χ0) is 11.7. The number of aliphatic hydroxyl groups is 1. The Balaban J connectivity index is 2.04. The van der Waals surface area contributed by atoms with E-state index in [0.29, 0.717) is 6.04 Å². The Morgan fingerprint density at radius 1 is 1.38 bits per heavy atom. The van der Waals surface area contributed by atoms with E-state index in [1.54, 1.807) is 0 Å². The zero-order valence-electron chi connectivity index (χ0n) is 10.1. The van der Waals surface area contributed by atoms with Crippen molar-refractivity contribution in [3.8, 4) is 0 Å². The molecule has 2 fully saturated rings. The summed E-state index contributed by atoms with van der Waals surface area (Å²) in [6, 6.07) is 0.287. The van der Waals surface area contributed by atoms with Crippen molar-refractivity contribution in [1.82, 2.24) is 10.2 Å². The molecule has 1 saturated carbocycles. The summed E-state index contributed by atoms with van der Waals surface area (Å²) < 4.78 is 0. The van der Waals surface area contributed by atoms with Gasteiger partial charge in [0.1, 0.15) is 0 Å². The van der Waals surface area contributed by atoms with Gasteiger partial charge in [-0.1, -0.05) is 6.92 Å². The minimum Gasteiger partial charge on any atom is -0.393 e. The van der Waals surface area contributed by atoms with E-state index in [1.807, 2.05) is 11.8 Å². The SMILES string of the molecule is CCC1NC(C)C(=O)N1C1CCC(O)CC1. The largest absolute Gasteiger partial charge is 0.393 e. The lowest BCUT2D eigenvalue weighted by Crippen LogP contribution is -2.46. The van der Waals surface area contributed by atoms with Gasteiger partial charge in [-0.2, -0.15) is 0 Å². The lowest BCUT2D eigenvalue weighted by molar-refractivity contribution is -0.133. The van der Waals surface area contributed by atoms with Crippen molar-refractivity contribution in [3.05, 3.63) is 0 Å². The molecule has 2 rings (SSSR count). The van der Waals surface area contributed by atoms with Gasteiger partial charge in [-0.05, 0) is 39.0 Å². The van der Waals surface area contributed by atoms with Crippen LogP contribution in [-0.2, 0) is 4.79 Å². The fraction of sp³-hybridized carbons (Fsp3) is 0.917. The molecule has 1 aliphatic heterocycles. The highest BCUT2D eigenvalue weighted by molar-refractivity contribution is 5.84. The molecule has 1 amide bonds.